The molecule has 0 aromatic heterocycles. The fourth-order valence-corrected chi connectivity index (χ4v) is 5.87. The second-order valence-electron chi connectivity index (χ2n) is 15.0. The monoisotopic (exact) mass is 792 g/mol. The van der Waals surface area contributed by atoms with Crippen LogP contribution in [0.15, 0.2) is 72.9 Å². The van der Waals surface area contributed by atoms with Crippen LogP contribution in [0.5, 0.6) is 0 Å². The number of hydrogen-bond acceptors (Lipinski definition) is 8. The standard InChI is InChI=1S/C45H78NO8P/c1-6-8-10-12-14-16-18-20-21-22-23-24-25-26-28-30-32-34-36-38-45(48)54-43(42-53-55(49,50)52-40-39-46(3,4)5)41-51-44(47)37-35-33-31-29-27-19-17-15-13-11-9-7-2/h8,10,14-17,20-21,23-24,26,28,43H,6-7,9,11-13,18-19,22,25,27,29-42H2,1-5H3/b10-8+,16-14+,17-15+,21-20+,24-23+,28-26+/t43-/m1/s1. The summed E-state index contributed by atoms with van der Waals surface area (Å²) in [7, 11) is 1.12. The molecule has 0 N–H and O–H groups in total. The Kier molecular flexibility index (Phi) is 35.3. The van der Waals surface area contributed by atoms with Gasteiger partial charge in [0.25, 0.3) is 7.82 Å². The average molecular weight is 792 g/mol. The summed E-state index contributed by atoms with van der Waals surface area (Å²) in [5, 5.41) is 0. The van der Waals surface area contributed by atoms with Gasteiger partial charge in [-0.25, -0.2) is 0 Å². The Morgan fingerprint density at radius 3 is 1.58 bits per heavy atom. The number of ether oxygens (including phenoxy) is 2. The minimum absolute atomic E-state index is 0.0426. The first-order valence-electron chi connectivity index (χ1n) is 21.1. The maximum absolute atomic E-state index is 12.6. The van der Waals surface area contributed by atoms with E-state index in [1.54, 1.807) is 0 Å². The third kappa shape index (κ3) is 40.9. The Bertz CT molecular complexity index is 1170. The molecule has 2 atom stereocenters. The average Bonchev–Trinajstić information content (AvgIpc) is 3.13. The molecular weight excluding hydrogens is 713 g/mol. The first-order valence-corrected chi connectivity index (χ1v) is 22.6. The third-order valence-corrected chi connectivity index (χ3v) is 9.42. The molecular formula is C45H78NO8P. The molecule has 316 valence electrons. The van der Waals surface area contributed by atoms with Crippen molar-refractivity contribution in [3.05, 3.63) is 72.9 Å². The molecule has 0 aliphatic heterocycles. The van der Waals surface area contributed by atoms with E-state index in [1.807, 2.05) is 21.1 Å². The van der Waals surface area contributed by atoms with Crippen molar-refractivity contribution in [3.63, 3.8) is 0 Å². The Morgan fingerprint density at radius 2 is 1.04 bits per heavy atom. The minimum atomic E-state index is -4.64. The van der Waals surface area contributed by atoms with Gasteiger partial charge in [0.1, 0.15) is 19.8 Å². The molecule has 0 aromatic rings. The quantitative estimate of drug-likeness (QED) is 0.0201. The molecule has 10 heteroatoms. The van der Waals surface area contributed by atoms with E-state index in [1.165, 1.54) is 19.3 Å². The van der Waals surface area contributed by atoms with Crippen LogP contribution in [0.4, 0.5) is 0 Å². The van der Waals surface area contributed by atoms with Gasteiger partial charge in [0, 0.05) is 12.8 Å². The summed E-state index contributed by atoms with van der Waals surface area (Å²) in [5.41, 5.74) is 0. The molecule has 9 nitrogen and oxygen atoms in total. The van der Waals surface area contributed by atoms with Crippen molar-refractivity contribution in [2.75, 3.05) is 47.5 Å². The molecule has 1 unspecified atom stereocenters. The lowest BCUT2D eigenvalue weighted by atomic mass is 10.1. The van der Waals surface area contributed by atoms with Crippen LogP contribution < -0.4 is 4.89 Å². The molecule has 0 aliphatic carbocycles. The number of hydrogen-bond donors (Lipinski definition) is 0. The van der Waals surface area contributed by atoms with Gasteiger partial charge in [0.2, 0.25) is 0 Å². The van der Waals surface area contributed by atoms with Crippen molar-refractivity contribution in [2.24, 2.45) is 0 Å². The van der Waals surface area contributed by atoms with Crippen LogP contribution in [0.1, 0.15) is 149 Å². The van der Waals surface area contributed by atoms with Gasteiger partial charge in [0.05, 0.1) is 27.7 Å². The number of phosphoric acid groups is 1. The number of quaternary nitrogens is 1. The first-order chi connectivity index (χ1) is 26.5. The molecule has 0 heterocycles. The van der Waals surface area contributed by atoms with Gasteiger partial charge in [-0.3, -0.25) is 14.2 Å². The van der Waals surface area contributed by atoms with Crippen molar-refractivity contribution in [3.8, 4) is 0 Å². The second kappa shape index (κ2) is 37.1. The maximum atomic E-state index is 12.6. The normalized spacial score (nSPS) is 14.4. The van der Waals surface area contributed by atoms with Crippen molar-refractivity contribution in [1.82, 2.24) is 0 Å². The van der Waals surface area contributed by atoms with E-state index in [4.69, 9.17) is 18.5 Å². The zero-order chi connectivity index (χ0) is 40.7. The van der Waals surface area contributed by atoms with Crippen LogP contribution in [0.25, 0.3) is 0 Å². The zero-order valence-corrected chi connectivity index (χ0v) is 36.2. The number of carbonyl (C=O) groups excluding carboxylic acids is 2. The molecule has 0 radical (unpaired) electrons. The highest BCUT2D eigenvalue weighted by Crippen LogP contribution is 2.38. The van der Waals surface area contributed by atoms with E-state index >= 15 is 0 Å². The van der Waals surface area contributed by atoms with Crippen molar-refractivity contribution >= 4 is 19.8 Å². The van der Waals surface area contributed by atoms with Gasteiger partial charge < -0.3 is 27.9 Å². The Morgan fingerprint density at radius 1 is 0.582 bits per heavy atom. The summed E-state index contributed by atoms with van der Waals surface area (Å²) in [6.07, 6.45) is 45.0. The van der Waals surface area contributed by atoms with Gasteiger partial charge in [-0.1, -0.05) is 125 Å². The fourth-order valence-electron chi connectivity index (χ4n) is 5.14. The summed E-state index contributed by atoms with van der Waals surface area (Å²) in [5.74, 6) is -0.891. The molecule has 0 saturated heterocycles. The zero-order valence-electron chi connectivity index (χ0n) is 35.3. The number of esters is 2. The molecule has 0 fully saturated rings. The molecule has 55 heavy (non-hydrogen) atoms. The van der Waals surface area contributed by atoms with Crippen molar-refractivity contribution in [1.29, 1.82) is 0 Å². The Labute approximate surface area is 336 Å². The van der Waals surface area contributed by atoms with Gasteiger partial charge in [0.15, 0.2) is 6.10 Å². The van der Waals surface area contributed by atoms with Crippen LogP contribution in [0.3, 0.4) is 0 Å². The predicted molar refractivity (Wildman–Crippen MR) is 226 cm³/mol. The number of unbranched alkanes of at least 4 members (excludes halogenated alkanes) is 11. The number of rotatable bonds is 37. The minimum Gasteiger partial charge on any atom is -0.756 e. The van der Waals surface area contributed by atoms with Crippen LogP contribution in [-0.4, -0.2) is 70.0 Å². The summed E-state index contributed by atoms with van der Waals surface area (Å²) in [4.78, 5) is 37.4. The lowest BCUT2D eigenvalue weighted by Crippen LogP contribution is -2.37. The molecule has 0 spiro atoms. The Hall–Kier alpha value is -2.55. The number of nitrogens with zero attached hydrogens (tertiary/aromatic N) is 1. The van der Waals surface area contributed by atoms with E-state index in [0.717, 1.165) is 89.9 Å². The van der Waals surface area contributed by atoms with Crippen LogP contribution in [0.2, 0.25) is 0 Å². The largest absolute Gasteiger partial charge is 0.756 e. The number of carbonyl (C=O) groups is 2. The third-order valence-electron chi connectivity index (χ3n) is 8.46. The molecule has 0 amide bonds. The number of allylic oxidation sites excluding steroid dienone is 12. The molecule has 0 aromatic carbocycles. The van der Waals surface area contributed by atoms with Crippen LogP contribution >= 0.6 is 7.82 Å². The molecule has 0 rings (SSSR count). The van der Waals surface area contributed by atoms with E-state index in [-0.39, 0.29) is 26.1 Å². The van der Waals surface area contributed by atoms with Gasteiger partial charge in [-0.15, -0.1) is 0 Å². The predicted octanol–water partition coefficient (Wildman–Crippen LogP) is 11.2. The van der Waals surface area contributed by atoms with Gasteiger partial charge >= 0.3 is 11.9 Å². The van der Waals surface area contributed by atoms with Crippen LogP contribution in [-0.2, 0) is 32.7 Å². The lowest BCUT2D eigenvalue weighted by Gasteiger charge is -2.28. The summed E-state index contributed by atoms with van der Waals surface area (Å²) < 4.78 is 33.8. The van der Waals surface area contributed by atoms with Crippen LogP contribution in [0, 0.1) is 0 Å². The number of phosphoric ester groups is 1. The maximum Gasteiger partial charge on any atom is 0.306 e. The van der Waals surface area contributed by atoms with Crippen molar-refractivity contribution < 1.29 is 42.1 Å². The van der Waals surface area contributed by atoms with E-state index < -0.39 is 32.5 Å². The second-order valence-corrected chi connectivity index (χ2v) is 16.4. The summed E-state index contributed by atoms with van der Waals surface area (Å²) in [6, 6.07) is 0. The van der Waals surface area contributed by atoms with E-state index in [0.29, 0.717) is 23.9 Å². The Balaban J connectivity index is 4.47. The molecule has 0 saturated carbocycles. The highest BCUT2D eigenvalue weighted by atomic mass is 31.2. The smallest absolute Gasteiger partial charge is 0.306 e. The fraction of sp³-hybridized carbons (Fsp3) is 0.689. The highest BCUT2D eigenvalue weighted by Gasteiger charge is 2.21. The summed E-state index contributed by atoms with van der Waals surface area (Å²) in [6.45, 7) is 4.01. The topological polar surface area (TPSA) is 111 Å². The molecule has 0 bridgehead atoms. The van der Waals surface area contributed by atoms with E-state index in [9.17, 15) is 19.0 Å². The molecule has 0 aliphatic rings. The van der Waals surface area contributed by atoms with E-state index in [2.05, 4.69) is 86.8 Å². The lowest BCUT2D eigenvalue weighted by molar-refractivity contribution is -0.870. The van der Waals surface area contributed by atoms with Gasteiger partial charge in [-0.2, -0.15) is 0 Å². The first kappa shape index (κ1) is 52.5. The SMILES string of the molecule is CC/C=C/C/C=C/C/C=C/C/C=C/C/C=C/CCCCCC(=O)O[C@H](COC(=O)CCCCCCC/C=C/CCCCC)COP(=O)([O-])OCC[N+](C)(C)C. The number of likely N-dealkylation sites (N-methyl/N-ethyl adjacent to an activating group) is 1. The highest BCUT2D eigenvalue weighted by molar-refractivity contribution is 7.45. The summed E-state index contributed by atoms with van der Waals surface area (Å²) >= 11 is 0. The van der Waals surface area contributed by atoms with Crippen molar-refractivity contribution in [2.45, 2.75) is 155 Å². The van der Waals surface area contributed by atoms with Gasteiger partial charge in [-0.05, 0) is 83.5 Å².